The zero-order chi connectivity index (χ0) is 11.5. The molecule has 0 bridgehead atoms. The number of hydrogen-bond acceptors (Lipinski definition) is 3. The summed E-state index contributed by atoms with van der Waals surface area (Å²) in [4.78, 5) is 3.11. The van der Waals surface area contributed by atoms with Crippen LogP contribution in [0.1, 0.15) is 11.3 Å². The van der Waals surface area contributed by atoms with Gasteiger partial charge in [-0.25, -0.2) is 0 Å². The van der Waals surface area contributed by atoms with Crippen molar-refractivity contribution in [3.05, 3.63) is 41.7 Å². The molecule has 1 aromatic carbocycles. The minimum Gasteiger partial charge on any atom is -0.398 e. The smallest absolute Gasteiger partial charge is 0.0592 e. The van der Waals surface area contributed by atoms with Gasteiger partial charge in [0.05, 0.1) is 5.69 Å². The van der Waals surface area contributed by atoms with Crippen LogP contribution in [0.2, 0.25) is 0 Å². The average Bonchev–Trinajstić information content (AvgIpc) is 2.65. The van der Waals surface area contributed by atoms with Crippen LogP contribution in [0.25, 0.3) is 0 Å². The maximum Gasteiger partial charge on any atom is 0.0592 e. The summed E-state index contributed by atoms with van der Waals surface area (Å²) < 4.78 is 0. The zero-order valence-electron chi connectivity index (χ0n) is 9.25. The predicted octanol–water partition coefficient (Wildman–Crippen LogP) is 2.11. The monoisotopic (exact) mass is 216 g/mol. The van der Waals surface area contributed by atoms with Crippen molar-refractivity contribution in [2.45, 2.75) is 13.5 Å². The number of nitrogen functional groups attached to an aromatic ring is 1. The van der Waals surface area contributed by atoms with E-state index in [2.05, 4.69) is 10.3 Å². The average molecular weight is 216 g/mol. The molecule has 1 aromatic heterocycles. The van der Waals surface area contributed by atoms with Gasteiger partial charge in [0.1, 0.15) is 0 Å². The van der Waals surface area contributed by atoms with Crippen molar-refractivity contribution in [1.29, 1.82) is 0 Å². The van der Waals surface area contributed by atoms with Gasteiger partial charge in [0.25, 0.3) is 0 Å². The highest BCUT2D eigenvalue weighted by Crippen LogP contribution is 2.23. The van der Waals surface area contributed by atoms with Crippen molar-refractivity contribution in [3.63, 3.8) is 0 Å². The summed E-state index contributed by atoms with van der Waals surface area (Å²) in [6, 6.07) is 7.81. The third kappa shape index (κ3) is 2.01. The first-order chi connectivity index (χ1) is 7.70. The van der Waals surface area contributed by atoms with Crippen LogP contribution in [0.5, 0.6) is 0 Å². The fourth-order valence-electron chi connectivity index (χ4n) is 1.60. The highest BCUT2D eigenvalue weighted by atomic mass is 14.9. The van der Waals surface area contributed by atoms with Crippen molar-refractivity contribution < 1.29 is 0 Å². The molecule has 84 valence electrons. The number of rotatable bonds is 3. The van der Waals surface area contributed by atoms with E-state index < -0.39 is 0 Å². The molecule has 4 nitrogen and oxygen atoms in total. The van der Waals surface area contributed by atoms with Crippen molar-refractivity contribution in [2.75, 3.05) is 11.1 Å². The van der Waals surface area contributed by atoms with Crippen LogP contribution in [0.4, 0.5) is 17.1 Å². The first kappa shape index (κ1) is 10.6. The summed E-state index contributed by atoms with van der Waals surface area (Å²) >= 11 is 0. The van der Waals surface area contributed by atoms with Gasteiger partial charge in [0.15, 0.2) is 0 Å². The highest BCUT2D eigenvalue weighted by molar-refractivity contribution is 5.66. The van der Waals surface area contributed by atoms with Gasteiger partial charge >= 0.3 is 0 Å². The molecule has 0 saturated heterocycles. The molecule has 0 aliphatic heterocycles. The fraction of sp³-hybridized carbons (Fsp3) is 0.167. The Bertz CT molecular complexity index is 488. The first-order valence-corrected chi connectivity index (χ1v) is 5.20. The molecule has 2 aromatic rings. The van der Waals surface area contributed by atoms with E-state index in [0.29, 0.717) is 6.54 Å². The van der Waals surface area contributed by atoms with Crippen LogP contribution >= 0.6 is 0 Å². The van der Waals surface area contributed by atoms with Crippen molar-refractivity contribution >= 4 is 17.1 Å². The lowest BCUT2D eigenvalue weighted by molar-refractivity contribution is 1.08. The third-order valence-corrected chi connectivity index (χ3v) is 2.60. The van der Waals surface area contributed by atoms with Crippen LogP contribution in [0, 0.1) is 6.92 Å². The topological polar surface area (TPSA) is 79.9 Å². The van der Waals surface area contributed by atoms with Gasteiger partial charge < -0.3 is 21.8 Å². The number of nitrogens with two attached hydrogens (primary N) is 2. The van der Waals surface area contributed by atoms with Gasteiger partial charge in [-0.15, -0.1) is 0 Å². The van der Waals surface area contributed by atoms with E-state index >= 15 is 0 Å². The molecular weight excluding hydrogens is 200 g/mol. The lowest BCUT2D eigenvalue weighted by Crippen LogP contribution is -2.02. The van der Waals surface area contributed by atoms with E-state index in [0.717, 1.165) is 28.3 Å². The number of nitrogens with one attached hydrogen (secondary N) is 2. The van der Waals surface area contributed by atoms with Gasteiger partial charge in [-0.1, -0.05) is 6.07 Å². The Labute approximate surface area is 94.7 Å². The van der Waals surface area contributed by atoms with Crippen LogP contribution in [0.15, 0.2) is 30.5 Å². The molecule has 4 heteroatoms. The molecular formula is C12H16N4. The van der Waals surface area contributed by atoms with Gasteiger partial charge in [-0.3, -0.25) is 0 Å². The molecule has 0 aliphatic carbocycles. The Kier molecular flexibility index (Phi) is 2.83. The van der Waals surface area contributed by atoms with E-state index in [4.69, 9.17) is 11.5 Å². The molecule has 0 saturated carbocycles. The summed E-state index contributed by atoms with van der Waals surface area (Å²) in [7, 11) is 0. The van der Waals surface area contributed by atoms with E-state index in [1.54, 1.807) is 0 Å². The van der Waals surface area contributed by atoms with Crippen LogP contribution in [-0.4, -0.2) is 4.98 Å². The molecule has 0 atom stereocenters. The standard InChI is InChI=1S/C12H16N4/c1-8-12(4-5-15-8)16-10-3-2-9(7-13)11(14)6-10/h2-6,15-16H,7,13-14H2,1H3. The van der Waals surface area contributed by atoms with Crippen molar-refractivity contribution in [2.24, 2.45) is 5.73 Å². The Balaban J connectivity index is 2.23. The van der Waals surface area contributed by atoms with Gasteiger partial charge in [0.2, 0.25) is 0 Å². The largest absolute Gasteiger partial charge is 0.398 e. The van der Waals surface area contributed by atoms with Gasteiger partial charge in [-0.05, 0) is 30.7 Å². The number of aromatic nitrogens is 1. The van der Waals surface area contributed by atoms with Gasteiger partial charge in [-0.2, -0.15) is 0 Å². The quantitative estimate of drug-likeness (QED) is 0.593. The molecule has 0 spiro atoms. The number of H-pyrrole nitrogens is 1. The molecule has 0 aliphatic rings. The molecule has 0 amide bonds. The Morgan fingerprint density at radius 3 is 2.69 bits per heavy atom. The summed E-state index contributed by atoms with van der Waals surface area (Å²) in [5.74, 6) is 0. The molecule has 16 heavy (non-hydrogen) atoms. The SMILES string of the molecule is Cc1[nH]ccc1Nc1ccc(CN)c(N)c1. The van der Waals surface area contributed by atoms with Crippen LogP contribution in [0.3, 0.4) is 0 Å². The second kappa shape index (κ2) is 4.28. The number of aryl methyl sites for hydroxylation is 1. The molecule has 0 unspecified atom stereocenters. The molecule has 6 N–H and O–H groups in total. The lowest BCUT2D eigenvalue weighted by Gasteiger charge is -2.09. The number of aromatic amines is 1. The Hall–Kier alpha value is -1.94. The molecule has 0 fully saturated rings. The minimum absolute atomic E-state index is 0.468. The van der Waals surface area contributed by atoms with Crippen LogP contribution < -0.4 is 16.8 Å². The number of hydrogen-bond donors (Lipinski definition) is 4. The van der Waals surface area contributed by atoms with E-state index in [9.17, 15) is 0 Å². The van der Waals surface area contributed by atoms with Crippen LogP contribution in [-0.2, 0) is 6.54 Å². The summed E-state index contributed by atoms with van der Waals surface area (Å²) in [6.07, 6.45) is 1.90. The highest BCUT2D eigenvalue weighted by Gasteiger charge is 2.02. The van der Waals surface area contributed by atoms with Crippen molar-refractivity contribution in [1.82, 2.24) is 4.98 Å². The number of benzene rings is 1. The van der Waals surface area contributed by atoms with Crippen molar-refractivity contribution in [3.8, 4) is 0 Å². The van der Waals surface area contributed by atoms with E-state index in [1.807, 2.05) is 37.4 Å². The first-order valence-electron chi connectivity index (χ1n) is 5.20. The maximum absolute atomic E-state index is 5.87. The third-order valence-electron chi connectivity index (χ3n) is 2.60. The molecule has 2 rings (SSSR count). The molecule has 0 radical (unpaired) electrons. The normalized spacial score (nSPS) is 10.4. The maximum atomic E-state index is 5.87. The second-order valence-corrected chi connectivity index (χ2v) is 3.76. The Morgan fingerprint density at radius 1 is 1.31 bits per heavy atom. The van der Waals surface area contributed by atoms with E-state index in [1.165, 1.54) is 0 Å². The Morgan fingerprint density at radius 2 is 2.12 bits per heavy atom. The summed E-state index contributed by atoms with van der Waals surface area (Å²) in [5, 5.41) is 3.29. The zero-order valence-corrected chi connectivity index (χ0v) is 9.25. The number of anilines is 3. The second-order valence-electron chi connectivity index (χ2n) is 3.76. The summed E-state index contributed by atoms with van der Waals surface area (Å²) in [6.45, 7) is 2.48. The molecule has 1 heterocycles. The minimum atomic E-state index is 0.468. The fourth-order valence-corrected chi connectivity index (χ4v) is 1.60. The summed E-state index contributed by atoms with van der Waals surface area (Å²) in [5.41, 5.74) is 16.2. The van der Waals surface area contributed by atoms with Gasteiger partial charge in [0, 0.05) is 29.8 Å². The lowest BCUT2D eigenvalue weighted by atomic mass is 10.1. The van der Waals surface area contributed by atoms with E-state index in [-0.39, 0.29) is 0 Å². The predicted molar refractivity (Wildman–Crippen MR) is 67.6 cm³/mol.